The standard InChI is InChI=1S/C19H24N2OS/c1-4-5-6-15-8-10-16(11-9-15)20-19(23)21-17-13-14(2)7-12-18(17)22-3/h7-13H,4-6H2,1-3H3,(H2,20,21,23). The minimum atomic E-state index is 0.551. The smallest absolute Gasteiger partial charge is 0.175 e. The monoisotopic (exact) mass is 328 g/mol. The molecule has 122 valence electrons. The van der Waals surface area contributed by atoms with Crippen LogP contribution in [0, 0.1) is 6.92 Å². The Bertz CT molecular complexity index is 653. The van der Waals surface area contributed by atoms with E-state index in [1.807, 2.05) is 25.1 Å². The normalized spacial score (nSPS) is 10.2. The number of hydrogen-bond acceptors (Lipinski definition) is 2. The highest BCUT2D eigenvalue weighted by atomic mass is 32.1. The van der Waals surface area contributed by atoms with Gasteiger partial charge in [-0.2, -0.15) is 0 Å². The molecule has 0 fully saturated rings. The molecule has 0 radical (unpaired) electrons. The molecule has 0 aliphatic rings. The molecular weight excluding hydrogens is 304 g/mol. The van der Waals surface area contributed by atoms with Gasteiger partial charge in [0.25, 0.3) is 0 Å². The van der Waals surface area contributed by atoms with E-state index in [0.717, 1.165) is 29.1 Å². The molecule has 3 nitrogen and oxygen atoms in total. The molecule has 0 bridgehead atoms. The molecule has 0 aliphatic carbocycles. The minimum absolute atomic E-state index is 0.551. The van der Waals surface area contributed by atoms with Crippen LogP contribution in [-0.2, 0) is 6.42 Å². The van der Waals surface area contributed by atoms with Crippen LogP contribution in [0.3, 0.4) is 0 Å². The molecule has 0 spiro atoms. The Hall–Kier alpha value is -2.07. The van der Waals surface area contributed by atoms with Gasteiger partial charge >= 0.3 is 0 Å². The summed E-state index contributed by atoms with van der Waals surface area (Å²) in [6.45, 7) is 4.25. The Morgan fingerprint density at radius 1 is 1.09 bits per heavy atom. The Balaban J connectivity index is 1.98. The van der Waals surface area contributed by atoms with Crippen LogP contribution in [-0.4, -0.2) is 12.2 Å². The van der Waals surface area contributed by atoms with Gasteiger partial charge in [-0.25, -0.2) is 0 Å². The molecule has 0 aromatic heterocycles. The first-order valence-corrected chi connectivity index (χ1v) is 8.34. The molecule has 2 rings (SSSR count). The van der Waals surface area contributed by atoms with Crippen molar-refractivity contribution in [1.29, 1.82) is 0 Å². The number of thiocarbonyl (C=S) groups is 1. The number of aryl methyl sites for hydroxylation is 2. The fourth-order valence-corrected chi connectivity index (χ4v) is 2.57. The predicted molar refractivity (Wildman–Crippen MR) is 103 cm³/mol. The van der Waals surface area contributed by atoms with Gasteiger partial charge in [-0.3, -0.25) is 0 Å². The molecular formula is C19H24N2OS. The van der Waals surface area contributed by atoms with Crippen molar-refractivity contribution in [2.45, 2.75) is 33.1 Å². The lowest BCUT2D eigenvalue weighted by molar-refractivity contribution is 0.417. The predicted octanol–water partition coefficient (Wildman–Crippen LogP) is 5.16. The van der Waals surface area contributed by atoms with Gasteiger partial charge in [-0.05, 0) is 67.4 Å². The highest BCUT2D eigenvalue weighted by Crippen LogP contribution is 2.25. The zero-order chi connectivity index (χ0) is 16.7. The van der Waals surface area contributed by atoms with E-state index >= 15 is 0 Å². The summed E-state index contributed by atoms with van der Waals surface area (Å²) in [5, 5.41) is 6.96. The molecule has 0 aliphatic heterocycles. The van der Waals surface area contributed by atoms with E-state index in [-0.39, 0.29) is 0 Å². The highest BCUT2D eigenvalue weighted by Gasteiger charge is 2.05. The van der Waals surface area contributed by atoms with Crippen molar-refractivity contribution >= 4 is 28.7 Å². The zero-order valence-corrected chi connectivity index (χ0v) is 14.8. The number of hydrogen-bond donors (Lipinski definition) is 2. The fourth-order valence-electron chi connectivity index (χ4n) is 2.34. The van der Waals surface area contributed by atoms with Crippen molar-refractivity contribution in [1.82, 2.24) is 0 Å². The van der Waals surface area contributed by atoms with Crippen LogP contribution in [0.5, 0.6) is 5.75 Å². The van der Waals surface area contributed by atoms with Crippen LogP contribution in [0.25, 0.3) is 0 Å². The first-order valence-electron chi connectivity index (χ1n) is 7.94. The van der Waals surface area contributed by atoms with E-state index in [1.54, 1.807) is 7.11 Å². The molecule has 2 N–H and O–H groups in total. The zero-order valence-electron chi connectivity index (χ0n) is 14.0. The van der Waals surface area contributed by atoms with E-state index in [1.165, 1.54) is 18.4 Å². The Morgan fingerprint density at radius 3 is 2.48 bits per heavy atom. The van der Waals surface area contributed by atoms with Crippen LogP contribution in [0.4, 0.5) is 11.4 Å². The van der Waals surface area contributed by atoms with Crippen molar-refractivity contribution in [3.8, 4) is 5.75 Å². The lowest BCUT2D eigenvalue weighted by Crippen LogP contribution is -2.19. The number of methoxy groups -OCH3 is 1. The maximum Gasteiger partial charge on any atom is 0.175 e. The molecule has 23 heavy (non-hydrogen) atoms. The third-order valence-electron chi connectivity index (χ3n) is 3.63. The van der Waals surface area contributed by atoms with Gasteiger partial charge in [0.05, 0.1) is 12.8 Å². The van der Waals surface area contributed by atoms with Gasteiger partial charge in [0.15, 0.2) is 5.11 Å². The third-order valence-corrected chi connectivity index (χ3v) is 3.84. The molecule has 0 atom stereocenters. The minimum Gasteiger partial charge on any atom is -0.495 e. The molecule has 0 saturated carbocycles. The summed E-state index contributed by atoms with van der Waals surface area (Å²) in [7, 11) is 1.65. The maximum absolute atomic E-state index is 5.39. The van der Waals surface area contributed by atoms with Gasteiger partial charge < -0.3 is 15.4 Å². The number of rotatable bonds is 6. The number of nitrogens with one attached hydrogen (secondary N) is 2. The summed E-state index contributed by atoms with van der Waals surface area (Å²) in [6.07, 6.45) is 3.56. The van der Waals surface area contributed by atoms with E-state index in [9.17, 15) is 0 Å². The second-order valence-corrected chi connectivity index (χ2v) is 5.99. The fraction of sp³-hybridized carbons (Fsp3) is 0.316. The van der Waals surface area contributed by atoms with Gasteiger partial charge in [0.1, 0.15) is 5.75 Å². The van der Waals surface area contributed by atoms with Crippen LogP contribution < -0.4 is 15.4 Å². The quantitative estimate of drug-likeness (QED) is 0.718. The summed E-state index contributed by atoms with van der Waals surface area (Å²) in [5.41, 5.74) is 4.35. The second kappa shape index (κ2) is 8.53. The topological polar surface area (TPSA) is 33.3 Å². The molecule has 0 saturated heterocycles. The van der Waals surface area contributed by atoms with Crippen molar-refractivity contribution in [2.75, 3.05) is 17.7 Å². The largest absolute Gasteiger partial charge is 0.495 e. The van der Waals surface area contributed by atoms with E-state index < -0.39 is 0 Å². The van der Waals surface area contributed by atoms with Crippen LogP contribution in [0.2, 0.25) is 0 Å². The first-order chi connectivity index (χ1) is 11.1. The summed E-state index contributed by atoms with van der Waals surface area (Å²) in [4.78, 5) is 0. The number of anilines is 2. The van der Waals surface area contributed by atoms with E-state index in [4.69, 9.17) is 17.0 Å². The number of unbranched alkanes of at least 4 members (excludes halogenated alkanes) is 1. The maximum atomic E-state index is 5.39. The third kappa shape index (κ3) is 5.25. The van der Waals surface area contributed by atoms with Crippen molar-refractivity contribution in [3.05, 3.63) is 53.6 Å². The Kier molecular flexibility index (Phi) is 6.41. The lowest BCUT2D eigenvalue weighted by Gasteiger charge is -2.14. The number of benzene rings is 2. The highest BCUT2D eigenvalue weighted by molar-refractivity contribution is 7.80. The van der Waals surface area contributed by atoms with Crippen molar-refractivity contribution < 1.29 is 4.74 Å². The average molecular weight is 328 g/mol. The summed E-state index contributed by atoms with van der Waals surface area (Å²) >= 11 is 5.39. The summed E-state index contributed by atoms with van der Waals surface area (Å²) in [5.74, 6) is 0.773. The second-order valence-electron chi connectivity index (χ2n) is 5.58. The van der Waals surface area contributed by atoms with Gasteiger partial charge in [-0.15, -0.1) is 0 Å². The van der Waals surface area contributed by atoms with Crippen LogP contribution >= 0.6 is 12.2 Å². The van der Waals surface area contributed by atoms with Gasteiger partial charge in [-0.1, -0.05) is 31.5 Å². The van der Waals surface area contributed by atoms with E-state index in [0.29, 0.717) is 5.11 Å². The SMILES string of the molecule is CCCCc1ccc(NC(=S)Nc2cc(C)ccc2OC)cc1. The van der Waals surface area contributed by atoms with Crippen LogP contribution in [0.1, 0.15) is 30.9 Å². The van der Waals surface area contributed by atoms with Gasteiger partial charge in [0.2, 0.25) is 0 Å². The molecule has 0 heterocycles. The van der Waals surface area contributed by atoms with Crippen LogP contribution in [0.15, 0.2) is 42.5 Å². The Labute approximate surface area is 144 Å². The van der Waals surface area contributed by atoms with Gasteiger partial charge in [0, 0.05) is 5.69 Å². The summed E-state index contributed by atoms with van der Waals surface area (Å²) < 4.78 is 5.35. The average Bonchev–Trinajstić information content (AvgIpc) is 2.54. The lowest BCUT2D eigenvalue weighted by atomic mass is 10.1. The van der Waals surface area contributed by atoms with Crippen molar-refractivity contribution in [2.24, 2.45) is 0 Å². The Morgan fingerprint density at radius 2 is 1.83 bits per heavy atom. The van der Waals surface area contributed by atoms with Crippen molar-refractivity contribution in [3.63, 3.8) is 0 Å². The molecule has 4 heteroatoms. The molecule has 0 amide bonds. The summed E-state index contributed by atoms with van der Waals surface area (Å²) in [6, 6.07) is 14.4. The molecule has 2 aromatic rings. The van der Waals surface area contributed by atoms with E-state index in [2.05, 4.69) is 41.8 Å². The number of ether oxygens (including phenoxy) is 1. The first kappa shape index (κ1) is 17.3. The molecule has 0 unspecified atom stereocenters. The molecule has 2 aromatic carbocycles.